The van der Waals surface area contributed by atoms with Gasteiger partial charge in [-0.2, -0.15) is 0 Å². The molecule has 17 heavy (non-hydrogen) atoms. The molecule has 1 aromatic carbocycles. The summed E-state index contributed by atoms with van der Waals surface area (Å²) in [6.07, 6.45) is -0.126. The molecule has 90 valence electrons. The normalized spacial score (nSPS) is 11.0. The fourth-order valence-corrected chi connectivity index (χ4v) is 1.69. The van der Waals surface area contributed by atoms with E-state index in [9.17, 15) is 4.79 Å². The van der Waals surface area contributed by atoms with E-state index in [1.54, 1.807) is 4.57 Å². The van der Waals surface area contributed by atoms with Crippen LogP contribution < -0.4 is 5.73 Å². The van der Waals surface area contributed by atoms with E-state index in [1.807, 2.05) is 38.1 Å². The van der Waals surface area contributed by atoms with Crippen molar-refractivity contribution in [2.24, 2.45) is 0 Å². The number of carbonyl (C=O) groups excluding carboxylic acids is 1. The van der Waals surface area contributed by atoms with Gasteiger partial charge in [-0.3, -0.25) is 9.36 Å². The molecule has 0 unspecified atom stereocenters. The van der Waals surface area contributed by atoms with Gasteiger partial charge in [-0.25, -0.2) is 4.98 Å². The topological polar surface area (TPSA) is 70.1 Å². The van der Waals surface area contributed by atoms with Gasteiger partial charge < -0.3 is 10.5 Å². The maximum absolute atomic E-state index is 11.6. The number of nitrogen functional groups attached to an aromatic ring is 1. The average Bonchev–Trinajstić information content (AvgIpc) is 2.55. The van der Waals surface area contributed by atoms with Gasteiger partial charge >= 0.3 is 5.97 Å². The van der Waals surface area contributed by atoms with Crippen molar-refractivity contribution in [3.8, 4) is 0 Å². The van der Waals surface area contributed by atoms with Crippen LogP contribution in [0.2, 0.25) is 0 Å². The third kappa shape index (κ3) is 2.38. The Labute approximate surface area is 99.2 Å². The minimum Gasteiger partial charge on any atom is -0.462 e. The Morgan fingerprint density at radius 3 is 2.88 bits per heavy atom. The molecule has 1 aromatic heterocycles. The first-order valence-corrected chi connectivity index (χ1v) is 5.48. The Kier molecular flexibility index (Phi) is 2.99. The summed E-state index contributed by atoms with van der Waals surface area (Å²) in [5.41, 5.74) is 7.40. The van der Waals surface area contributed by atoms with Gasteiger partial charge in [-0.05, 0) is 26.0 Å². The van der Waals surface area contributed by atoms with E-state index in [4.69, 9.17) is 10.5 Å². The molecule has 0 radical (unpaired) electrons. The number of nitrogens with zero attached hydrogens (tertiary/aromatic N) is 2. The summed E-state index contributed by atoms with van der Waals surface area (Å²) in [5, 5.41) is 0. The predicted octanol–water partition coefficient (Wildman–Crippen LogP) is 1.57. The molecule has 2 aromatic rings. The lowest BCUT2D eigenvalue weighted by molar-refractivity contribution is -0.147. The lowest BCUT2D eigenvalue weighted by atomic mass is 10.3. The van der Waals surface area contributed by atoms with E-state index in [0.29, 0.717) is 5.95 Å². The number of fused-ring (bicyclic) bond motifs is 1. The number of imidazole rings is 1. The third-order valence-corrected chi connectivity index (χ3v) is 2.34. The molecule has 0 saturated heterocycles. The SMILES string of the molecule is CC(C)OC(=O)Cn1c(N)nc2ccccc21. The molecule has 0 atom stereocenters. The van der Waals surface area contributed by atoms with Crippen LogP contribution in [0.4, 0.5) is 5.95 Å². The second kappa shape index (κ2) is 4.45. The summed E-state index contributed by atoms with van der Waals surface area (Å²) < 4.78 is 6.74. The van der Waals surface area contributed by atoms with Crippen LogP contribution in [0.5, 0.6) is 0 Å². The van der Waals surface area contributed by atoms with Crippen molar-refractivity contribution >= 4 is 23.0 Å². The van der Waals surface area contributed by atoms with Crippen molar-refractivity contribution in [2.45, 2.75) is 26.5 Å². The Morgan fingerprint density at radius 1 is 1.47 bits per heavy atom. The minimum absolute atomic E-state index is 0.0878. The van der Waals surface area contributed by atoms with E-state index in [0.717, 1.165) is 11.0 Å². The monoisotopic (exact) mass is 233 g/mol. The second-order valence-electron chi connectivity index (χ2n) is 4.08. The molecule has 0 bridgehead atoms. The molecule has 5 nitrogen and oxygen atoms in total. The van der Waals surface area contributed by atoms with Crippen molar-refractivity contribution < 1.29 is 9.53 Å². The van der Waals surface area contributed by atoms with Crippen molar-refractivity contribution in [3.05, 3.63) is 24.3 Å². The molecular weight excluding hydrogens is 218 g/mol. The lowest BCUT2D eigenvalue weighted by Gasteiger charge is -2.09. The van der Waals surface area contributed by atoms with Crippen LogP contribution in [0.1, 0.15) is 13.8 Å². The first-order chi connectivity index (χ1) is 8.08. The van der Waals surface area contributed by atoms with Crippen molar-refractivity contribution in [1.29, 1.82) is 0 Å². The van der Waals surface area contributed by atoms with Crippen LogP contribution in [0.25, 0.3) is 11.0 Å². The van der Waals surface area contributed by atoms with Crippen LogP contribution >= 0.6 is 0 Å². The Morgan fingerprint density at radius 2 is 2.18 bits per heavy atom. The molecule has 5 heteroatoms. The van der Waals surface area contributed by atoms with Gasteiger partial charge in [0, 0.05) is 0 Å². The van der Waals surface area contributed by atoms with Crippen LogP contribution in [-0.2, 0) is 16.1 Å². The quantitative estimate of drug-likeness (QED) is 0.817. The second-order valence-corrected chi connectivity index (χ2v) is 4.08. The number of nitrogens with two attached hydrogens (primary N) is 1. The van der Waals surface area contributed by atoms with Gasteiger partial charge in [-0.15, -0.1) is 0 Å². The third-order valence-electron chi connectivity index (χ3n) is 2.34. The van der Waals surface area contributed by atoms with Crippen LogP contribution in [0, 0.1) is 0 Å². The predicted molar refractivity (Wildman–Crippen MR) is 65.4 cm³/mol. The molecular formula is C12H15N3O2. The zero-order valence-corrected chi connectivity index (χ0v) is 9.88. The van der Waals surface area contributed by atoms with Gasteiger partial charge in [0.25, 0.3) is 0 Å². The summed E-state index contributed by atoms with van der Waals surface area (Å²) in [7, 11) is 0. The highest BCUT2D eigenvalue weighted by Crippen LogP contribution is 2.17. The molecule has 0 saturated carbocycles. The highest BCUT2D eigenvalue weighted by molar-refractivity contribution is 5.81. The number of hydrogen-bond donors (Lipinski definition) is 1. The van der Waals surface area contributed by atoms with Gasteiger partial charge in [-0.1, -0.05) is 12.1 Å². The zero-order valence-electron chi connectivity index (χ0n) is 9.88. The number of aromatic nitrogens is 2. The fraction of sp³-hybridized carbons (Fsp3) is 0.333. The van der Waals surface area contributed by atoms with Crippen molar-refractivity contribution in [3.63, 3.8) is 0 Å². The lowest BCUT2D eigenvalue weighted by Crippen LogP contribution is -2.18. The van der Waals surface area contributed by atoms with E-state index in [-0.39, 0.29) is 18.6 Å². The molecule has 0 aliphatic heterocycles. The molecule has 1 heterocycles. The molecule has 2 N–H and O–H groups in total. The first kappa shape index (κ1) is 11.4. The molecule has 0 aliphatic rings. The van der Waals surface area contributed by atoms with Crippen molar-refractivity contribution in [2.75, 3.05) is 5.73 Å². The van der Waals surface area contributed by atoms with E-state index < -0.39 is 0 Å². The summed E-state index contributed by atoms with van der Waals surface area (Å²) in [6, 6.07) is 7.50. The molecule has 2 rings (SSSR count). The van der Waals surface area contributed by atoms with E-state index >= 15 is 0 Å². The highest BCUT2D eigenvalue weighted by atomic mass is 16.5. The number of ether oxygens (including phenoxy) is 1. The maximum Gasteiger partial charge on any atom is 0.326 e. The summed E-state index contributed by atoms with van der Waals surface area (Å²) in [5.74, 6) is 0.0155. The van der Waals surface area contributed by atoms with Gasteiger partial charge in [0.15, 0.2) is 0 Å². The number of hydrogen-bond acceptors (Lipinski definition) is 4. The summed E-state index contributed by atoms with van der Waals surface area (Å²) >= 11 is 0. The average molecular weight is 233 g/mol. The fourth-order valence-electron chi connectivity index (χ4n) is 1.69. The molecule has 0 spiro atoms. The van der Waals surface area contributed by atoms with Gasteiger partial charge in [0.05, 0.1) is 17.1 Å². The van der Waals surface area contributed by atoms with E-state index in [2.05, 4.69) is 4.98 Å². The maximum atomic E-state index is 11.6. The Balaban J connectivity index is 2.29. The number of rotatable bonds is 3. The van der Waals surface area contributed by atoms with Gasteiger partial charge in [0.1, 0.15) is 6.54 Å². The molecule has 0 amide bonds. The standard InChI is InChI=1S/C12H15N3O2/c1-8(2)17-11(16)7-15-10-6-4-3-5-9(10)14-12(15)13/h3-6,8H,7H2,1-2H3,(H2,13,14). The Hall–Kier alpha value is -2.04. The van der Waals surface area contributed by atoms with E-state index in [1.165, 1.54) is 0 Å². The number of para-hydroxylation sites is 2. The number of benzene rings is 1. The first-order valence-electron chi connectivity index (χ1n) is 5.48. The molecule has 0 aliphatic carbocycles. The van der Waals surface area contributed by atoms with Crippen LogP contribution in [-0.4, -0.2) is 21.6 Å². The molecule has 0 fully saturated rings. The summed E-state index contributed by atoms with van der Waals surface area (Å²) in [6.45, 7) is 3.71. The number of carbonyl (C=O) groups is 1. The minimum atomic E-state index is -0.310. The number of esters is 1. The van der Waals surface area contributed by atoms with Gasteiger partial charge in [0.2, 0.25) is 5.95 Å². The highest BCUT2D eigenvalue weighted by Gasteiger charge is 2.12. The zero-order chi connectivity index (χ0) is 12.4. The largest absolute Gasteiger partial charge is 0.462 e. The Bertz CT molecular complexity index is 546. The van der Waals surface area contributed by atoms with Crippen molar-refractivity contribution in [1.82, 2.24) is 9.55 Å². The number of anilines is 1. The smallest absolute Gasteiger partial charge is 0.326 e. The summed E-state index contributed by atoms with van der Waals surface area (Å²) in [4.78, 5) is 15.8. The van der Waals surface area contributed by atoms with Crippen LogP contribution in [0.15, 0.2) is 24.3 Å². The van der Waals surface area contributed by atoms with Crippen LogP contribution in [0.3, 0.4) is 0 Å².